The van der Waals surface area contributed by atoms with Crippen molar-refractivity contribution in [1.82, 2.24) is 20.4 Å². The lowest BCUT2D eigenvalue weighted by molar-refractivity contribution is 0.275. The van der Waals surface area contributed by atoms with Gasteiger partial charge < -0.3 is 9.84 Å². The van der Waals surface area contributed by atoms with Gasteiger partial charge in [-0.2, -0.15) is 4.98 Å². The second kappa shape index (κ2) is 3.64. The smallest absolute Gasteiger partial charge is 0.247 e. The standard InChI is InChI=1S/C10H12N4OS/c1-10(3-2-4-12-10)9-13-8(14-15-9)7-5-11-6-16-7/h5-6,12H,2-4H2,1H3. The highest BCUT2D eigenvalue weighted by Crippen LogP contribution is 2.30. The Morgan fingerprint density at radius 3 is 3.19 bits per heavy atom. The third-order valence-electron chi connectivity index (χ3n) is 2.92. The van der Waals surface area contributed by atoms with Crippen molar-refractivity contribution in [3.63, 3.8) is 0 Å². The molecule has 2 aromatic heterocycles. The van der Waals surface area contributed by atoms with Gasteiger partial charge >= 0.3 is 0 Å². The molecule has 1 aliphatic rings. The number of nitrogens with zero attached hydrogens (tertiary/aromatic N) is 3. The zero-order chi connectivity index (χ0) is 11.0. The molecule has 3 heterocycles. The molecule has 0 saturated carbocycles. The van der Waals surface area contributed by atoms with E-state index in [-0.39, 0.29) is 5.54 Å². The van der Waals surface area contributed by atoms with Crippen LogP contribution in [0.3, 0.4) is 0 Å². The summed E-state index contributed by atoms with van der Waals surface area (Å²) in [5, 5.41) is 7.39. The van der Waals surface area contributed by atoms with Gasteiger partial charge in [-0.3, -0.25) is 4.98 Å². The predicted molar refractivity (Wildman–Crippen MR) is 60.0 cm³/mol. The lowest BCUT2D eigenvalue weighted by atomic mass is 10.0. The highest BCUT2D eigenvalue weighted by atomic mass is 32.1. The number of thiazole rings is 1. The second-order valence-electron chi connectivity index (χ2n) is 4.15. The molecule has 1 N–H and O–H groups in total. The Hall–Kier alpha value is -1.27. The third-order valence-corrected chi connectivity index (χ3v) is 3.69. The van der Waals surface area contributed by atoms with E-state index in [2.05, 4.69) is 27.4 Å². The Bertz CT molecular complexity index is 473. The Morgan fingerprint density at radius 2 is 2.50 bits per heavy atom. The van der Waals surface area contributed by atoms with Crippen LogP contribution in [0.25, 0.3) is 10.7 Å². The fourth-order valence-corrected chi connectivity index (χ4v) is 2.50. The number of hydrogen-bond donors (Lipinski definition) is 1. The van der Waals surface area contributed by atoms with Gasteiger partial charge in [-0.1, -0.05) is 5.16 Å². The van der Waals surface area contributed by atoms with Crippen molar-refractivity contribution >= 4 is 11.3 Å². The molecule has 1 atom stereocenters. The van der Waals surface area contributed by atoms with E-state index in [9.17, 15) is 0 Å². The van der Waals surface area contributed by atoms with Gasteiger partial charge in [0.1, 0.15) is 0 Å². The van der Waals surface area contributed by atoms with Gasteiger partial charge in [0.15, 0.2) is 0 Å². The van der Waals surface area contributed by atoms with Crippen LogP contribution >= 0.6 is 11.3 Å². The minimum Gasteiger partial charge on any atom is -0.337 e. The molecule has 0 amide bonds. The van der Waals surface area contributed by atoms with Gasteiger partial charge in [-0.05, 0) is 26.3 Å². The van der Waals surface area contributed by atoms with E-state index in [0.29, 0.717) is 11.7 Å². The molecule has 16 heavy (non-hydrogen) atoms. The molecule has 0 spiro atoms. The van der Waals surface area contributed by atoms with Crippen molar-refractivity contribution in [2.24, 2.45) is 0 Å². The Labute approximate surface area is 96.9 Å². The molecule has 0 aliphatic carbocycles. The minimum absolute atomic E-state index is 0.157. The summed E-state index contributed by atoms with van der Waals surface area (Å²) in [5.41, 5.74) is 1.61. The molecule has 5 nitrogen and oxygen atoms in total. The summed E-state index contributed by atoms with van der Waals surface area (Å²) in [5.74, 6) is 1.31. The van der Waals surface area contributed by atoms with Crippen molar-refractivity contribution in [2.75, 3.05) is 6.54 Å². The predicted octanol–water partition coefficient (Wildman–Crippen LogP) is 1.79. The zero-order valence-corrected chi connectivity index (χ0v) is 9.75. The summed E-state index contributed by atoms with van der Waals surface area (Å²) in [6, 6.07) is 0. The molecule has 2 aromatic rings. The van der Waals surface area contributed by atoms with Crippen molar-refractivity contribution in [3.8, 4) is 10.7 Å². The summed E-state index contributed by atoms with van der Waals surface area (Å²) < 4.78 is 5.33. The van der Waals surface area contributed by atoms with Crippen LogP contribution in [0.2, 0.25) is 0 Å². The first kappa shape index (κ1) is 9.92. The average Bonchev–Trinajstić information content (AvgIpc) is 2.98. The molecular formula is C10H12N4OS. The SMILES string of the molecule is CC1(c2nc(-c3cncs3)no2)CCCN1. The van der Waals surface area contributed by atoms with Gasteiger partial charge in [0.25, 0.3) is 0 Å². The van der Waals surface area contributed by atoms with Crippen LogP contribution in [0, 0.1) is 0 Å². The van der Waals surface area contributed by atoms with Gasteiger partial charge in [0.05, 0.1) is 15.9 Å². The summed E-state index contributed by atoms with van der Waals surface area (Å²) >= 11 is 1.51. The molecule has 1 aliphatic heterocycles. The monoisotopic (exact) mass is 236 g/mol. The van der Waals surface area contributed by atoms with E-state index in [1.165, 1.54) is 11.3 Å². The van der Waals surface area contributed by atoms with Crippen LogP contribution in [0.5, 0.6) is 0 Å². The van der Waals surface area contributed by atoms with Crippen molar-refractivity contribution in [3.05, 3.63) is 17.6 Å². The number of hydrogen-bond acceptors (Lipinski definition) is 6. The topological polar surface area (TPSA) is 63.8 Å². The molecule has 0 radical (unpaired) electrons. The molecular weight excluding hydrogens is 224 g/mol. The van der Waals surface area contributed by atoms with Crippen LogP contribution in [0.1, 0.15) is 25.7 Å². The van der Waals surface area contributed by atoms with Gasteiger partial charge in [-0.25, -0.2) is 0 Å². The molecule has 1 saturated heterocycles. The van der Waals surface area contributed by atoms with E-state index in [1.807, 2.05) is 0 Å². The molecule has 1 fully saturated rings. The van der Waals surface area contributed by atoms with E-state index < -0.39 is 0 Å². The molecule has 84 valence electrons. The lowest BCUT2D eigenvalue weighted by Crippen LogP contribution is -2.33. The normalized spacial score (nSPS) is 25.1. The zero-order valence-electron chi connectivity index (χ0n) is 8.93. The first-order chi connectivity index (χ1) is 7.78. The van der Waals surface area contributed by atoms with E-state index in [4.69, 9.17) is 4.52 Å². The maximum absolute atomic E-state index is 5.33. The van der Waals surface area contributed by atoms with Crippen molar-refractivity contribution in [1.29, 1.82) is 0 Å². The number of rotatable bonds is 2. The van der Waals surface area contributed by atoms with E-state index >= 15 is 0 Å². The Morgan fingerprint density at radius 1 is 1.56 bits per heavy atom. The van der Waals surface area contributed by atoms with E-state index in [1.54, 1.807) is 11.7 Å². The lowest BCUT2D eigenvalue weighted by Gasteiger charge is -2.18. The quantitative estimate of drug-likeness (QED) is 0.861. The van der Waals surface area contributed by atoms with Crippen LogP contribution in [0.4, 0.5) is 0 Å². The Kier molecular flexibility index (Phi) is 2.26. The molecule has 3 rings (SSSR count). The summed E-state index contributed by atoms with van der Waals surface area (Å²) in [4.78, 5) is 9.38. The van der Waals surface area contributed by atoms with Crippen molar-refractivity contribution < 1.29 is 4.52 Å². The summed E-state index contributed by atoms with van der Waals surface area (Å²) in [6.07, 6.45) is 3.94. The fraction of sp³-hybridized carbons (Fsp3) is 0.500. The molecule has 1 unspecified atom stereocenters. The maximum atomic E-state index is 5.33. The highest BCUT2D eigenvalue weighted by molar-refractivity contribution is 7.13. The van der Waals surface area contributed by atoms with Crippen LogP contribution in [-0.4, -0.2) is 21.7 Å². The number of aromatic nitrogens is 3. The third kappa shape index (κ3) is 1.54. The fourth-order valence-electron chi connectivity index (χ4n) is 1.95. The maximum Gasteiger partial charge on any atom is 0.247 e. The summed E-state index contributed by atoms with van der Waals surface area (Å²) in [7, 11) is 0. The largest absolute Gasteiger partial charge is 0.337 e. The molecule has 6 heteroatoms. The second-order valence-corrected chi connectivity index (χ2v) is 5.04. The van der Waals surface area contributed by atoms with E-state index in [0.717, 1.165) is 24.3 Å². The van der Waals surface area contributed by atoms with Gasteiger partial charge in [-0.15, -0.1) is 11.3 Å². The summed E-state index contributed by atoms with van der Waals surface area (Å²) in [6.45, 7) is 3.11. The Balaban J connectivity index is 1.93. The molecule has 0 aromatic carbocycles. The minimum atomic E-state index is -0.157. The number of nitrogens with one attached hydrogen (secondary N) is 1. The van der Waals surface area contributed by atoms with Crippen molar-refractivity contribution in [2.45, 2.75) is 25.3 Å². The van der Waals surface area contributed by atoms with Crippen LogP contribution in [0.15, 0.2) is 16.2 Å². The molecule has 0 bridgehead atoms. The average molecular weight is 236 g/mol. The first-order valence-electron chi connectivity index (χ1n) is 5.26. The van der Waals surface area contributed by atoms with Crippen LogP contribution < -0.4 is 5.32 Å². The van der Waals surface area contributed by atoms with Gasteiger partial charge in [0.2, 0.25) is 11.7 Å². The highest BCUT2D eigenvalue weighted by Gasteiger charge is 2.35. The van der Waals surface area contributed by atoms with Gasteiger partial charge in [0, 0.05) is 6.20 Å². The first-order valence-corrected chi connectivity index (χ1v) is 6.14. The van der Waals surface area contributed by atoms with Crippen LogP contribution in [-0.2, 0) is 5.54 Å².